The lowest BCUT2D eigenvalue weighted by Gasteiger charge is -2.12. The molecule has 0 amide bonds. The van der Waals surface area contributed by atoms with Crippen LogP contribution in [0.3, 0.4) is 0 Å². The van der Waals surface area contributed by atoms with E-state index >= 15 is 0 Å². The van der Waals surface area contributed by atoms with Gasteiger partial charge in [0.05, 0.1) is 5.69 Å². The van der Waals surface area contributed by atoms with Gasteiger partial charge >= 0.3 is 0 Å². The molecule has 0 bridgehead atoms. The first kappa shape index (κ1) is 13.7. The fourth-order valence-electron chi connectivity index (χ4n) is 2.15. The Morgan fingerprint density at radius 2 is 2.00 bits per heavy atom. The van der Waals surface area contributed by atoms with Gasteiger partial charge < -0.3 is 5.32 Å². The van der Waals surface area contributed by atoms with Crippen molar-refractivity contribution in [2.75, 3.05) is 6.54 Å². The van der Waals surface area contributed by atoms with Crippen molar-refractivity contribution in [1.82, 2.24) is 20.1 Å². The van der Waals surface area contributed by atoms with Gasteiger partial charge in [-0.2, -0.15) is 5.10 Å². The largest absolute Gasteiger partial charge is 0.310 e. The molecule has 0 aliphatic rings. The molecule has 2 rings (SSSR count). The molecular weight excluding hydrogens is 236 g/mol. The maximum atomic E-state index is 4.53. The van der Waals surface area contributed by atoms with Crippen molar-refractivity contribution in [2.24, 2.45) is 0 Å². The van der Waals surface area contributed by atoms with Gasteiger partial charge in [0.25, 0.3) is 0 Å². The van der Waals surface area contributed by atoms with E-state index in [1.54, 1.807) is 0 Å². The number of rotatable bonds is 4. The molecule has 0 aliphatic carbocycles. The number of hydrogen-bond donors (Lipinski definition) is 1. The summed E-state index contributed by atoms with van der Waals surface area (Å²) in [6.45, 7) is 11.4. The Balaban J connectivity index is 2.30. The van der Waals surface area contributed by atoms with E-state index in [9.17, 15) is 0 Å². The van der Waals surface area contributed by atoms with Crippen molar-refractivity contribution in [3.05, 3.63) is 40.8 Å². The Kier molecular flexibility index (Phi) is 4.00. The van der Waals surface area contributed by atoms with Gasteiger partial charge in [0.2, 0.25) is 0 Å². The Bertz CT molecular complexity index is 554. The van der Waals surface area contributed by atoms with Crippen LogP contribution in [0.25, 0.3) is 5.82 Å². The summed E-state index contributed by atoms with van der Waals surface area (Å²) in [7, 11) is 0. The van der Waals surface area contributed by atoms with Crippen LogP contribution < -0.4 is 5.32 Å². The zero-order valence-corrected chi connectivity index (χ0v) is 12.4. The lowest BCUT2D eigenvalue weighted by Crippen LogP contribution is -2.18. The van der Waals surface area contributed by atoms with Crippen LogP contribution in [0.1, 0.15) is 42.4 Å². The minimum atomic E-state index is 0.328. The SMILES string of the molecule is CCNC(C)c1ccc(-n2nc(C)c(C)c2C)nc1. The molecule has 0 aromatic carbocycles. The molecule has 2 aromatic heterocycles. The Labute approximate surface area is 114 Å². The van der Waals surface area contributed by atoms with Crippen LogP contribution in [0.2, 0.25) is 0 Å². The van der Waals surface area contributed by atoms with Crippen LogP contribution in [0.15, 0.2) is 18.3 Å². The van der Waals surface area contributed by atoms with Gasteiger partial charge in [-0.3, -0.25) is 0 Å². The molecule has 1 unspecified atom stereocenters. The van der Waals surface area contributed by atoms with Crippen molar-refractivity contribution < 1.29 is 0 Å². The summed E-state index contributed by atoms with van der Waals surface area (Å²) >= 11 is 0. The van der Waals surface area contributed by atoms with Gasteiger partial charge in [0, 0.05) is 17.9 Å². The monoisotopic (exact) mass is 258 g/mol. The van der Waals surface area contributed by atoms with Crippen LogP contribution in [0, 0.1) is 20.8 Å². The standard InChI is InChI=1S/C15H22N4/c1-6-16-12(4)14-7-8-15(17-9-14)19-13(5)10(2)11(3)18-19/h7-9,12,16H,6H2,1-5H3. The summed E-state index contributed by atoms with van der Waals surface area (Å²) in [5, 5.41) is 7.91. The van der Waals surface area contributed by atoms with Crippen LogP contribution in [0.5, 0.6) is 0 Å². The Morgan fingerprint density at radius 3 is 2.47 bits per heavy atom. The molecule has 102 valence electrons. The predicted octanol–water partition coefficient (Wildman–Crippen LogP) is 2.86. The number of hydrogen-bond acceptors (Lipinski definition) is 3. The first-order valence-electron chi connectivity index (χ1n) is 6.77. The Morgan fingerprint density at radius 1 is 1.26 bits per heavy atom. The lowest BCUT2D eigenvalue weighted by atomic mass is 10.1. The molecular formula is C15H22N4. The molecule has 4 heteroatoms. The summed E-state index contributed by atoms with van der Waals surface area (Å²) < 4.78 is 1.91. The summed E-state index contributed by atoms with van der Waals surface area (Å²) in [4.78, 5) is 4.53. The molecule has 0 saturated heterocycles. The van der Waals surface area contributed by atoms with Gasteiger partial charge in [-0.1, -0.05) is 13.0 Å². The fraction of sp³-hybridized carbons (Fsp3) is 0.467. The van der Waals surface area contributed by atoms with E-state index in [0.717, 1.165) is 23.8 Å². The van der Waals surface area contributed by atoms with Crippen molar-refractivity contribution in [3.63, 3.8) is 0 Å². The van der Waals surface area contributed by atoms with Crippen molar-refractivity contribution in [2.45, 2.75) is 40.7 Å². The van der Waals surface area contributed by atoms with Gasteiger partial charge in [-0.25, -0.2) is 9.67 Å². The first-order valence-corrected chi connectivity index (χ1v) is 6.77. The molecule has 2 heterocycles. The normalized spacial score (nSPS) is 12.7. The second-order valence-corrected chi connectivity index (χ2v) is 4.94. The molecule has 0 aliphatic heterocycles. The van der Waals surface area contributed by atoms with E-state index in [1.165, 1.54) is 11.1 Å². The minimum absolute atomic E-state index is 0.328. The summed E-state index contributed by atoms with van der Waals surface area (Å²) in [5.41, 5.74) is 4.64. The van der Waals surface area contributed by atoms with E-state index in [4.69, 9.17) is 0 Å². The predicted molar refractivity (Wildman–Crippen MR) is 77.7 cm³/mol. The van der Waals surface area contributed by atoms with Crippen LogP contribution >= 0.6 is 0 Å². The van der Waals surface area contributed by atoms with Gasteiger partial charge in [-0.05, 0) is 51.4 Å². The number of nitrogens with zero attached hydrogens (tertiary/aromatic N) is 3. The molecule has 4 nitrogen and oxygen atoms in total. The lowest BCUT2D eigenvalue weighted by molar-refractivity contribution is 0.595. The Hall–Kier alpha value is -1.68. The van der Waals surface area contributed by atoms with Gasteiger partial charge in [-0.15, -0.1) is 0 Å². The third kappa shape index (κ3) is 2.68. The molecule has 1 N–H and O–H groups in total. The van der Waals surface area contributed by atoms with E-state index in [-0.39, 0.29) is 0 Å². The summed E-state index contributed by atoms with van der Waals surface area (Å²) in [5.74, 6) is 0.876. The maximum Gasteiger partial charge on any atom is 0.153 e. The third-order valence-electron chi connectivity index (χ3n) is 3.65. The molecule has 2 aromatic rings. The molecule has 0 fully saturated rings. The average molecular weight is 258 g/mol. The average Bonchev–Trinajstić information content (AvgIpc) is 2.67. The van der Waals surface area contributed by atoms with Crippen molar-refractivity contribution in [1.29, 1.82) is 0 Å². The van der Waals surface area contributed by atoms with Crippen LogP contribution in [-0.2, 0) is 0 Å². The quantitative estimate of drug-likeness (QED) is 0.917. The van der Waals surface area contributed by atoms with E-state index in [1.807, 2.05) is 23.9 Å². The highest BCUT2D eigenvalue weighted by Gasteiger charge is 2.10. The van der Waals surface area contributed by atoms with E-state index in [0.29, 0.717) is 6.04 Å². The summed E-state index contributed by atoms with van der Waals surface area (Å²) in [6, 6.07) is 4.47. The maximum absolute atomic E-state index is 4.53. The topological polar surface area (TPSA) is 42.7 Å². The van der Waals surface area contributed by atoms with E-state index in [2.05, 4.69) is 49.2 Å². The smallest absolute Gasteiger partial charge is 0.153 e. The van der Waals surface area contributed by atoms with Crippen LogP contribution in [-0.4, -0.2) is 21.3 Å². The first-order chi connectivity index (χ1) is 9.04. The zero-order valence-electron chi connectivity index (χ0n) is 12.4. The van der Waals surface area contributed by atoms with Crippen molar-refractivity contribution in [3.8, 4) is 5.82 Å². The van der Waals surface area contributed by atoms with Crippen molar-refractivity contribution >= 4 is 0 Å². The molecule has 0 radical (unpaired) electrons. The van der Waals surface area contributed by atoms with Gasteiger partial charge in [0.15, 0.2) is 5.82 Å². The second-order valence-electron chi connectivity index (χ2n) is 4.94. The third-order valence-corrected chi connectivity index (χ3v) is 3.65. The highest BCUT2D eigenvalue weighted by Crippen LogP contribution is 2.17. The fourth-order valence-corrected chi connectivity index (χ4v) is 2.15. The van der Waals surface area contributed by atoms with Gasteiger partial charge in [0.1, 0.15) is 0 Å². The number of aromatic nitrogens is 3. The summed E-state index contributed by atoms with van der Waals surface area (Å²) in [6.07, 6.45) is 1.93. The minimum Gasteiger partial charge on any atom is -0.310 e. The second kappa shape index (κ2) is 5.53. The molecule has 0 spiro atoms. The van der Waals surface area contributed by atoms with Crippen LogP contribution in [0.4, 0.5) is 0 Å². The highest BCUT2D eigenvalue weighted by atomic mass is 15.3. The molecule has 1 atom stereocenters. The number of pyridine rings is 1. The molecule has 0 saturated carbocycles. The highest BCUT2D eigenvalue weighted by molar-refractivity contribution is 5.32. The zero-order chi connectivity index (χ0) is 14.0. The molecule has 19 heavy (non-hydrogen) atoms. The van der Waals surface area contributed by atoms with E-state index < -0.39 is 0 Å². The number of nitrogens with one attached hydrogen (secondary N) is 1. The number of aryl methyl sites for hydroxylation is 1.